The molecule has 3 aromatic rings. The molecule has 1 N–H and O–H groups in total. The summed E-state index contributed by atoms with van der Waals surface area (Å²) in [5.74, 6) is -1.18. The van der Waals surface area contributed by atoms with E-state index in [2.05, 4.69) is 0 Å². The summed E-state index contributed by atoms with van der Waals surface area (Å²) in [6, 6.07) is 12.6. The lowest BCUT2D eigenvalue weighted by Crippen LogP contribution is -2.61. The first-order chi connectivity index (χ1) is 18.4. The van der Waals surface area contributed by atoms with Gasteiger partial charge in [-0.2, -0.15) is 0 Å². The number of hydrogen-bond acceptors (Lipinski definition) is 5. The lowest BCUT2D eigenvalue weighted by molar-refractivity contribution is -0.151. The minimum absolute atomic E-state index is 0.0594. The predicted octanol–water partition coefficient (Wildman–Crippen LogP) is 4.33. The Morgan fingerprint density at radius 3 is 2.28 bits per heavy atom. The Balaban J connectivity index is 1.67. The molecule has 1 aromatic heterocycles. The van der Waals surface area contributed by atoms with Crippen molar-refractivity contribution < 1.29 is 14.7 Å². The van der Waals surface area contributed by atoms with Crippen molar-refractivity contribution in [1.29, 1.82) is 0 Å². The number of para-hydroxylation sites is 1. The van der Waals surface area contributed by atoms with Crippen LogP contribution in [0, 0.1) is 10.8 Å². The second-order valence-corrected chi connectivity index (χ2v) is 11.6. The molecule has 6 rings (SSSR count). The number of hydrogen-bond donors (Lipinski definition) is 1. The quantitative estimate of drug-likeness (QED) is 0.483. The second-order valence-electron chi connectivity index (χ2n) is 11.2. The van der Waals surface area contributed by atoms with Crippen molar-refractivity contribution in [1.82, 2.24) is 13.9 Å². The van der Waals surface area contributed by atoms with E-state index >= 15 is 0 Å². The number of aromatic hydroxyl groups is 1. The summed E-state index contributed by atoms with van der Waals surface area (Å²) in [6.07, 6.45) is 2.00. The highest BCUT2D eigenvalue weighted by Gasteiger charge is 2.67. The Morgan fingerprint density at radius 1 is 0.923 bits per heavy atom. The number of carbonyl (C=O) groups is 2. The fraction of sp³-hybridized carbons (Fsp3) is 0.333. The smallest absolute Gasteiger partial charge is 0.352 e. The molecule has 0 radical (unpaired) electrons. The number of allylic oxidation sites excluding steroid dienone is 4. The average Bonchev–Trinajstić information content (AvgIpc) is 3.18. The Labute approximate surface area is 229 Å². The van der Waals surface area contributed by atoms with Crippen molar-refractivity contribution in [2.45, 2.75) is 52.6 Å². The van der Waals surface area contributed by atoms with Crippen molar-refractivity contribution in [3.8, 4) is 11.4 Å². The zero-order chi connectivity index (χ0) is 28.0. The van der Waals surface area contributed by atoms with E-state index in [-0.39, 0.29) is 30.3 Å². The Hall–Kier alpha value is -3.91. The van der Waals surface area contributed by atoms with Crippen LogP contribution >= 0.6 is 11.6 Å². The Bertz CT molecular complexity index is 1780. The number of fused-ring (bicyclic) bond motifs is 4. The molecule has 0 spiro atoms. The molecule has 1 aliphatic heterocycles. The zero-order valence-electron chi connectivity index (χ0n) is 22.1. The number of rotatable bonds is 2. The van der Waals surface area contributed by atoms with E-state index < -0.39 is 34.2 Å². The van der Waals surface area contributed by atoms with Crippen LogP contribution in [-0.4, -0.2) is 30.6 Å². The van der Waals surface area contributed by atoms with Gasteiger partial charge in [-0.15, -0.1) is 0 Å². The lowest BCUT2D eigenvalue weighted by atomic mass is 9.43. The molecule has 0 saturated heterocycles. The molecule has 8 nitrogen and oxygen atoms in total. The highest BCUT2D eigenvalue weighted by molar-refractivity contribution is 6.30. The van der Waals surface area contributed by atoms with Crippen LogP contribution in [0.5, 0.6) is 5.75 Å². The number of phenols is 1. The van der Waals surface area contributed by atoms with Crippen LogP contribution in [0.15, 0.2) is 80.9 Å². The van der Waals surface area contributed by atoms with Crippen LogP contribution in [0.2, 0.25) is 5.02 Å². The van der Waals surface area contributed by atoms with Gasteiger partial charge in [-0.3, -0.25) is 9.59 Å². The molecule has 3 aliphatic rings. The summed E-state index contributed by atoms with van der Waals surface area (Å²) >= 11 is 6.39. The van der Waals surface area contributed by atoms with E-state index in [1.165, 1.54) is 15.4 Å². The Morgan fingerprint density at radius 2 is 1.59 bits per heavy atom. The molecule has 1 fully saturated rings. The van der Waals surface area contributed by atoms with Crippen molar-refractivity contribution in [2.24, 2.45) is 10.8 Å². The number of carbonyl (C=O) groups excluding carboxylic acids is 2. The molecular formula is C30H28ClN3O5. The zero-order valence-corrected chi connectivity index (χ0v) is 22.8. The van der Waals surface area contributed by atoms with Crippen molar-refractivity contribution in [3.05, 3.63) is 103 Å². The largest absolute Gasteiger partial charge is 0.508 e. The van der Waals surface area contributed by atoms with Gasteiger partial charge >= 0.3 is 11.4 Å². The maximum atomic E-state index is 14.2. The summed E-state index contributed by atoms with van der Waals surface area (Å²) in [6.45, 7) is 6.97. The molecule has 0 amide bonds. The molecule has 2 aliphatic carbocycles. The summed E-state index contributed by atoms with van der Waals surface area (Å²) in [5, 5.41) is 11.4. The first kappa shape index (κ1) is 25.4. The standard InChI is InChI=1S/C30H28ClN3O5/c1-16-17(2)26(37)30(4)24(21-14-18(31)10-11-23(21)35)20-12-13-32-27(38)33(19-8-6-5-7-9-19)28(39)34(32)22(20)15-29(30,3)25(16)36/h5-12,14,22,24,35H,13,15H2,1-4H3/t22-,24-,29+,30-/m1/s1. The maximum Gasteiger partial charge on any atom is 0.352 e. The van der Waals surface area contributed by atoms with Gasteiger partial charge in [-0.25, -0.2) is 23.5 Å². The van der Waals surface area contributed by atoms with Gasteiger partial charge in [-0.1, -0.05) is 49.7 Å². The lowest BCUT2D eigenvalue weighted by Gasteiger charge is -2.58. The van der Waals surface area contributed by atoms with Gasteiger partial charge in [0.25, 0.3) is 0 Å². The minimum atomic E-state index is -1.27. The Kier molecular flexibility index (Phi) is 5.40. The highest BCUT2D eigenvalue weighted by Crippen LogP contribution is 2.66. The van der Waals surface area contributed by atoms with Gasteiger partial charge in [0.05, 0.1) is 23.7 Å². The third-order valence-corrected chi connectivity index (χ3v) is 9.66. The average molecular weight is 546 g/mol. The van der Waals surface area contributed by atoms with E-state index in [1.807, 2.05) is 6.08 Å². The van der Waals surface area contributed by atoms with Gasteiger partial charge in [0.1, 0.15) is 5.75 Å². The van der Waals surface area contributed by atoms with Gasteiger partial charge in [0.15, 0.2) is 11.6 Å². The van der Waals surface area contributed by atoms with E-state index in [0.717, 1.165) is 4.57 Å². The van der Waals surface area contributed by atoms with Crippen LogP contribution in [0.4, 0.5) is 0 Å². The predicted molar refractivity (Wildman–Crippen MR) is 146 cm³/mol. The van der Waals surface area contributed by atoms with Crippen LogP contribution in [0.3, 0.4) is 0 Å². The topological polar surface area (TPSA) is 103 Å². The molecule has 2 aromatic carbocycles. The van der Waals surface area contributed by atoms with Gasteiger partial charge in [-0.05, 0) is 67.3 Å². The summed E-state index contributed by atoms with van der Waals surface area (Å²) in [5.41, 5.74) is -1.18. The van der Waals surface area contributed by atoms with Crippen molar-refractivity contribution >= 4 is 23.2 Å². The fourth-order valence-electron chi connectivity index (χ4n) is 7.10. The molecule has 2 heterocycles. The van der Waals surface area contributed by atoms with Crippen LogP contribution in [0.25, 0.3) is 5.69 Å². The normalized spacial score (nSPS) is 28.1. The highest BCUT2D eigenvalue weighted by atomic mass is 35.5. The third-order valence-electron chi connectivity index (χ3n) is 9.43. The van der Waals surface area contributed by atoms with E-state index in [4.69, 9.17) is 11.6 Å². The van der Waals surface area contributed by atoms with Gasteiger partial charge < -0.3 is 5.11 Å². The molecular weight excluding hydrogens is 518 g/mol. The number of nitrogens with zero attached hydrogens (tertiary/aromatic N) is 3. The summed E-state index contributed by atoms with van der Waals surface area (Å²) in [7, 11) is 0. The molecule has 4 atom stereocenters. The van der Waals surface area contributed by atoms with Crippen LogP contribution < -0.4 is 11.4 Å². The van der Waals surface area contributed by atoms with Crippen molar-refractivity contribution in [3.63, 3.8) is 0 Å². The number of phenolic OH excluding ortho intramolecular Hbond substituents is 1. The first-order valence-corrected chi connectivity index (χ1v) is 13.3. The van der Waals surface area contributed by atoms with Crippen LogP contribution in [0.1, 0.15) is 51.6 Å². The number of Topliss-reactive ketones (excluding diaryl/α,β-unsaturated/α-hetero) is 2. The maximum absolute atomic E-state index is 14.2. The number of ketones is 2. The number of halogens is 1. The van der Waals surface area contributed by atoms with Crippen LogP contribution in [-0.2, 0) is 16.1 Å². The molecule has 9 heteroatoms. The SMILES string of the molecule is CC1=C(C)C(=O)[C@@]2(C)[C@@H](c3cc(Cl)ccc3O)C3=CCn4c(=O)n(-c5ccccc5)c(=O)n4[C@@H]3C[C@@]2(C)C1=O. The molecule has 0 bridgehead atoms. The second kappa shape index (κ2) is 8.29. The number of aromatic nitrogens is 3. The minimum Gasteiger partial charge on any atom is -0.508 e. The fourth-order valence-corrected chi connectivity index (χ4v) is 7.28. The van der Waals surface area contributed by atoms with E-state index in [1.54, 1.807) is 70.2 Å². The molecule has 1 saturated carbocycles. The molecule has 0 unspecified atom stereocenters. The van der Waals surface area contributed by atoms with Gasteiger partial charge in [0, 0.05) is 21.9 Å². The third kappa shape index (κ3) is 3.12. The summed E-state index contributed by atoms with van der Waals surface area (Å²) < 4.78 is 3.93. The van der Waals surface area contributed by atoms with Gasteiger partial charge in [0.2, 0.25) is 0 Å². The molecule has 39 heavy (non-hydrogen) atoms. The summed E-state index contributed by atoms with van der Waals surface area (Å²) in [4.78, 5) is 55.6. The van der Waals surface area contributed by atoms with E-state index in [9.17, 15) is 24.3 Å². The molecule has 200 valence electrons. The number of benzene rings is 2. The monoisotopic (exact) mass is 545 g/mol. The van der Waals surface area contributed by atoms with E-state index in [0.29, 0.717) is 33.0 Å². The first-order valence-electron chi connectivity index (χ1n) is 12.9. The van der Waals surface area contributed by atoms with Crippen molar-refractivity contribution in [2.75, 3.05) is 0 Å².